The topological polar surface area (TPSA) is 25.8 Å². The maximum absolute atomic E-state index is 6.18. The van der Waals surface area contributed by atoms with Gasteiger partial charge in [0.25, 0.3) is 0 Å². The molecule has 0 aliphatic rings. The molecule has 0 bridgehead atoms. The van der Waals surface area contributed by atoms with E-state index in [4.69, 9.17) is 23.2 Å². The minimum Gasteiger partial charge on any atom is -0.226 e. The van der Waals surface area contributed by atoms with Gasteiger partial charge in [-0.25, -0.2) is 9.97 Å². The van der Waals surface area contributed by atoms with Gasteiger partial charge >= 0.3 is 0 Å². The van der Waals surface area contributed by atoms with Crippen LogP contribution in [0.2, 0.25) is 10.2 Å². The second-order valence-corrected chi connectivity index (χ2v) is 6.22. The molecule has 106 valence electrons. The Labute approximate surface area is 133 Å². The van der Waals surface area contributed by atoms with Gasteiger partial charge in [-0.1, -0.05) is 48.3 Å². The molecule has 2 rings (SSSR count). The van der Waals surface area contributed by atoms with Crippen molar-refractivity contribution in [1.29, 1.82) is 0 Å². The normalized spacial score (nSPS) is 10.8. The van der Waals surface area contributed by atoms with Crippen LogP contribution < -0.4 is 0 Å². The van der Waals surface area contributed by atoms with Crippen LogP contribution in [0.3, 0.4) is 0 Å². The Kier molecular flexibility index (Phi) is 5.70. The van der Waals surface area contributed by atoms with E-state index in [1.807, 2.05) is 31.2 Å². The van der Waals surface area contributed by atoms with Crippen molar-refractivity contribution in [3.05, 3.63) is 51.4 Å². The molecule has 0 aliphatic carbocycles. The summed E-state index contributed by atoms with van der Waals surface area (Å²) in [5, 5.41) is 2.27. The van der Waals surface area contributed by atoms with Crippen LogP contribution in [0.15, 0.2) is 29.3 Å². The molecule has 0 atom stereocenters. The smallest absolute Gasteiger partial charge is 0.136 e. The van der Waals surface area contributed by atoms with Crippen LogP contribution in [0.4, 0.5) is 0 Å². The Balaban J connectivity index is 2.18. The lowest BCUT2D eigenvalue weighted by Gasteiger charge is -2.09. The van der Waals surface area contributed by atoms with Crippen LogP contribution in [0.25, 0.3) is 0 Å². The summed E-state index contributed by atoms with van der Waals surface area (Å²) >= 11 is 14.0. The summed E-state index contributed by atoms with van der Waals surface area (Å²) in [6, 6.07) is 7.85. The number of halogens is 2. The predicted octanol–water partition coefficient (Wildman–Crippen LogP) is 5.34. The lowest BCUT2D eigenvalue weighted by molar-refractivity contribution is 0.801. The SMILES string of the molecule is CCCc1nc(Cl)c(C)c(SCc2ccccc2Cl)n1. The second-order valence-electron chi connectivity index (χ2n) is 4.49. The van der Waals surface area contributed by atoms with Crippen LogP contribution in [0.1, 0.15) is 30.3 Å². The van der Waals surface area contributed by atoms with Gasteiger partial charge in [0.05, 0.1) is 0 Å². The molecule has 5 heteroatoms. The van der Waals surface area contributed by atoms with Gasteiger partial charge in [0, 0.05) is 22.8 Å². The van der Waals surface area contributed by atoms with Crippen molar-refractivity contribution < 1.29 is 0 Å². The monoisotopic (exact) mass is 326 g/mol. The summed E-state index contributed by atoms with van der Waals surface area (Å²) in [6.07, 6.45) is 1.85. The lowest BCUT2D eigenvalue weighted by Crippen LogP contribution is -2.00. The van der Waals surface area contributed by atoms with Gasteiger partial charge in [-0.15, -0.1) is 11.8 Å². The fourth-order valence-corrected chi connectivity index (χ4v) is 3.30. The molecule has 0 fully saturated rings. The first-order valence-electron chi connectivity index (χ1n) is 6.51. The van der Waals surface area contributed by atoms with Crippen molar-refractivity contribution >= 4 is 35.0 Å². The van der Waals surface area contributed by atoms with Crippen molar-refractivity contribution in [2.24, 2.45) is 0 Å². The summed E-state index contributed by atoms with van der Waals surface area (Å²) < 4.78 is 0. The Bertz CT molecular complexity index is 602. The molecule has 0 N–H and O–H groups in total. The molecule has 2 aromatic rings. The first-order valence-corrected chi connectivity index (χ1v) is 8.25. The van der Waals surface area contributed by atoms with Crippen LogP contribution in [-0.4, -0.2) is 9.97 Å². The van der Waals surface area contributed by atoms with Crippen molar-refractivity contribution in [2.75, 3.05) is 0 Å². The fourth-order valence-electron chi connectivity index (χ4n) is 1.75. The standard InChI is InChI=1S/C15H16Cl2N2S/c1-3-6-13-18-14(17)10(2)15(19-13)20-9-11-7-4-5-8-12(11)16/h4-5,7-8H,3,6,9H2,1-2H3. The van der Waals surface area contributed by atoms with Crippen molar-refractivity contribution in [3.63, 3.8) is 0 Å². The van der Waals surface area contributed by atoms with Gasteiger partial charge in [0.2, 0.25) is 0 Å². The third kappa shape index (κ3) is 3.87. The zero-order chi connectivity index (χ0) is 14.5. The Hall–Kier alpha value is -0.770. The third-order valence-corrected chi connectivity index (χ3v) is 4.75. The molecule has 0 spiro atoms. The highest BCUT2D eigenvalue weighted by Crippen LogP contribution is 2.30. The number of nitrogens with zero attached hydrogens (tertiary/aromatic N) is 2. The van der Waals surface area contributed by atoms with Crippen molar-refractivity contribution in [2.45, 2.75) is 37.5 Å². The number of aromatic nitrogens is 2. The Morgan fingerprint density at radius 2 is 1.90 bits per heavy atom. The first-order chi connectivity index (χ1) is 9.61. The molecule has 0 unspecified atom stereocenters. The average Bonchev–Trinajstić information content (AvgIpc) is 2.43. The van der Waals surface area contributed by atoms with Gasteiger partial charge in [-0.2, -0.15) is 0 Å². The van der Waals surface area contributed by atoms with E-state index in [9.17, 15) is 0 Å². The molecule has 1 aromatic carbocycles. The van der Waals surface area contributed by atoms with Crippen LogP contribution in [0, 0.1) is 6.92 Å². The number of thioether (sulfide) groups is 1. The van der Waals surface area contributed by atoms with Gasteiger partial charge in [0.15, 0.2) is 0 Å². The summed E-state index contributed by atoms with van der Waals surface area (Å²) in [7, 11) is 0. The Morgan fingerprint density at radius 3 is 2.60 bits per heavy atom. The maximum atomic E-state index is 6.18. The number of aryl methyl sites for hydroxylation is 1. The zero-order valence-corrected chi connectivity index (χ0v) is 13.8. The third-order valence-electron chi connectivity index (χ3n) is 2.88. The van der Waals surface area contributed by atoms with Gasteiger partial charge < -0.3 is 0 Å². The molecule has 20 heavy (non-hydrogen) atoms. The quantitative estimate of drug-likeness (QED) is 0.548. The minimum absolute atomic E-state index is 0.546. The number of hydrogen-bond donors (Lipinski definition) is 0. The highest BCUT2D eigenvalue weighted by atomic mass is 35.5. The van der Waals surface area contributed by atoms with Crippen LogP contribution in [-0.2, 0) is 12.2 Å². The van der Waals surface area contributed by atoms with Crippen molar-refractivity contribution in [1.82, 2.24) is 9.97 Å². The van der Waals surface area contributed by atoms with E-state index in [0.717, 1.165) is 45.6 Å². The van der Waals surface area contributed by atoms with Gasteiger partial charge in [-0.05, 0) is 25.0 Å². The molecule has 2 nitrogen and oxygen atoms in total. The number of hydrogen-bond acceptors (Lipinski definition) is 3. The van der Waals surface area contributed by atoms with Gasteiger partial charge in [-0.3, -0.25) is 0 Å². The minimum atomic E-state index is 0.546. The zero-order valence-electron chi connectivity index (χ0n) is 11.5. The van der Waals surface area contributed by atoms with Crippen LogP contribution >= 0.6 is 35.0 Å². The largest absolute Gasteiger partial charge is 0.226 e. The molecule has 1 heterocycles. The second kappa shape index (κ2) is 7.30. The predicted molar refractivity (Wildman–Crippen MR) is 86.8 cm³/mol. The highest BCUT2D eigenvalue weighted by Gasteiger charge is 2.10. The summed E-state index contributed by atoms with van der Waals surface area (Å²) in [4.78, 5) is 8.90. The summed E-state index contributed by atoms with van der Waals surface area (Å²) in [5.41, 5.74) is 2.04. The van der Waals surface area contributed by atoms with E-state index in [2.05, 4.69) is 16.9 Å². The fraction of sp³-hybridized carbons (Fsp3) is 0.333. The molecular weight excluding hydrogens is 311 g/mol. The summed E-state index contributed by atoms with van der Waals surface area (Å²) in [5.74, 6) is 1.59. The van der Waals surface area contributed by atoms with Crippen molar-refractivity contribution in [3.8, 4) is 0 Å². The van der Waals surface area contributed by atoms with E-state index < -0.39 is 0 Å². The maximum Gasteiger partial charge on any atom is 0.136 e. The molecule has 0 saturated carbocycles. The highest BCUT2D eigenvalue weighted by molar-refractivity contribution is 7.98. The molecule has 0 saturated heterocycles. The van der Waals surface area contributed by atoms with E-state index >= 15 is 0 Å². The van der Waals surface area contributed by atoms with Crippen LogP contribution in [0.5, 0.6) is 0 Å². The Morgan fingerprint density at radius 1 is 1.15 bits per heavy atom. The molecule has 0 amide bonds. The molecular formula is C15H16Cl2N2S. The first kappa shape index (κ1) is 15.6. The molecule has 0 radical (unpaired) electrons. The molecule has 1 aromatic heterocycles. The van der Waals surface area contributed by atoms with E-state index in [1.165, 1.54) is 0 Å². The lowest BCUT2D eigenvalue weighted by atomic mass is 10.2. The average molecular weight is 327 g/mol. The van der Waals surface area contributed by atoms with E-state index in [-0.39, 0.29) is 0 Å². The number of benzene rings is 1. The number of rotatable bonds is 5. The van der Waals surface area contributed by atoms with E-state index in [1.54, 1.807) is 11.8 Å². The molecule has 0 aliphatic heterocycles. The van der Waals surface area contributed by atoms with E-state index in [0.29, 0.717) is 5.15 Å². The summed E-state index contributed by atoms with van der Waals surface area (Å²) in [6.45, 7) is 4.06. The van der Waals surface area contributed by atoms with Gasteiger partial charge in [0.1, 0.15) is 16.0 Å².